The standard InChI is InChI=1S/C14H11ClN2O/c15-11-2-1-3-12(9-11)18-13-4-5-14(17)10(8-13)6-7-16/h1-5,8-9H,6,17H2. The van der Waals surface area contributed by atoms with Gasteiger partial charge in [0.25, 0.3) is 0 Å². The highest BCUT2D eigenvalue weighted by atomic mass is 35.5. The van der Waals surface area contributed by atoms with E-state index in [1.54, 1.807) is 30.3 Å². The minimum atomic E-state index is 0.262. The predicted molar refractivity (Wildman–Crippen MR) is 71.7 cm³/mol. The summed E-state index contributed by atoms with van der Waals surface area (Å²) in [5.74, 6) is 1.28. The number of nitrogens with two attached hydrogens (primary N) is 1. The van der Waals surface area contributed by atoms with Gasteiger partial charge >= 0.3 is 0 Å². The van der Waals surface area contributed by atoms with E-state index in [1.165, 1.54) is 0 Å². The van der Waals surface area contributed by atoms with E-state index in [0.717, 1.165) is 5.56 Å². The minimum Gasteiger partial charge on any atom is -0.457 e. The van der Waals surface area contributed by atoms with Crippen LogP contribution in [0.3, 0.4) is 0 Å². The average Bonchev–Trinajstić information content (AvgIpc) is 2.34. The number of ether oxygens (including phenoxy) is 1. The van der Waals surface area contributed by atoms with Crippen molar-refractivity contribution in [1.82, 2.24) is 0 Å². The van der Waals surface area contributed by atoms with Crippen LogP contribution in [0.1, 0.15) is 5.56 Å². The number of rotatable bonds is 3. The summed E-state index contributed by atoms with van der Waals surface area (Å²) in [6.07, 6.45) is 0.262. The highest BCUT2D eigenvalue weighted by Gasteiger charge is 2.03. The molecule has 0 spiro atoms. The smallest absolute Gasteiger partial charge is 0.128 e. The third-order valence-corrected chi connectivity index (χ3v) is 2.65. The molecule has 0 radical (unpaired) electrons. The number of nitrogen functional groups attached to an aromatic ring is 1. The number of nitrogens with zero attached hydrogens (tertiary/aromatic N) is 1. The maximum absolute atomic E-state index is 8.70. The van der Waals surface area contributed by atoms with Crippen molar-refractivity contribution in [3.8, 4) is 17.6 Å². The monoisotopic (exact) mass is 258 g/mol. The highest BCUT2D eigenvalue weighted by Crippen LogP contribution is 2.26. The first-order chi connectivity index (χ1) is 8.69. The van der Waals surface area contributed by atoms with Crippen LogP contribution in [-0.2, 0) is 6.42 Å². The van der Waals surface area contributed by atoms with Crippen LogP contribution in [0, 0.1) is 11.3 Å². The lowest BCUT2D eigenvalue weighted by Crippen LogP contribution is -1.94. The van der Waals surface area contributed by atoms with Gasteiger partial charge in [-0.3, -0.25) is 0 Å². The third kappa shape index (κ3) is 2.93. The largest absolute Gasteiger partial charge is 0.457 e. The highest BCUT2D eigenvalue weighted by molar-refractivity contribution is 6.30. The van der Waals surface area contributed by atoms with Gasteiger partial charge in [0, 0.05) is 10.7 Å². The summed E-state index contributed by atoms with van der Waals surface area (Å²) in [5.41, 5.74) is 7.12. The Morgan fingerprint density at radius 1 is 1.17 bits per heavy atom. The lowest BCUT2D eigenvalue weighted by Gasteiger charge is -2.08. The molecule has 0 aliphatic carbocycles. The lowest BCUT2D eigenvalue weighted by molar-refractivity contribution is 0.482. The summed E-state index contributed by atoms with van der Waals surface area (Å²) < 4.78 is 5.65. The Balaban J connectivity index is 2.24. The van der Waals surface area contributed by atoms with Crippen LogP contribution in [0.15, 0.2) is 42.5 Å². The molecular weight excluding hydrogens is 248 g/mol. The summed E-state index contributed by atoms with van der Waals surface area (Å²) in [4.78, 5) is 0. The first-order valence-corrected chi connectivity index (χ1v) is 5.75. The van der Waals surface area contributed by atoms with Gasteiger partial charge in [-0.05, 0) is 42.0 Å². The Labute approximate surface area is 110 Å². The second-order valence-corrected chi connectivity index (χ2v) is 4.19. The molecule has 0 aromatic heterocycles. The number of halogens is 1. The van der Waals surface area contributed by atoms with Gasteiger partial charge in [-0.1, -0.05) is 17.7 Å². The van der Waals surface area contributed by atoms with E-state index in [2.05, 4.69) is 6.07 Å². The van der Waals surface area contributed by atoms with E-state index in [4.69, 9.17) is 27.3 Å². The summed E-state index contributed by atoms with van der Waals surface area (Å²) in [5, 5.41) is 9.31. The number of hydrogen-bond acceptors (Lipinski definition) is 3. The fourth-order valence-electron chi connectivity index (χ4n) is 1.55. The van der Waals surface area contributed by atoms with Gasteiger partial charge in [0.05, 0.1) is 12.5 Å². The Bertz CT molecular complexity index is 605. The molecule has 0 fully saturated rings. The van der Waals surface area contributed by atoms with Crippen LogP contribution in [0.2, 0.25) is 5.02 Å². The summed E-state index contributed by atoms with van der Waals surface area (Å²) >= 11 is 5.87. The molecule has 2 aromatic carbocycles. The van der Waals surface area contributed by atoms with Crippen molar-refractivity contribution >= 4 is 17.3 Å². The Morgan fingerprint density at radius 3 is 2.67 bits per heavy atom. The Kier molecular flexibility index (Phi) is 3.71. The SMILES string of the molecule is N#CCc1cc(Oc2cccc(Cl)c2)ccc1N. The van der Waals surface area contributed by atoms with Crippen molar-refractivity contribution in [2.75, 3.05) is 5.73 Å². The maximum Gasteiger partial charge on any atom is 0.128 e. The Morgan fingerprint density at radius 2 is 1.94 bits per heavy atom. The van der Waals surface area contributed by atoms with Crippen LogP contribution in [0.5, 0.6) is 11.5 Å². The fourth-order valence-corrected chi connectivity index (χ4v) is 1.73. The van der Waals surface area contributed by atoms with Crippen LogP contribution >= 0.6 is 11.6 Å². The second kappa shape index (κ2) is 5.44. The molecule has 0 atom stereocenters. The van der Waals surface area contributed by atoms with E-state index in [0.29, 0.717) is 22.2 Å². The van der Waals surface area contributed by atoms with Crippen molar-refractivity contribution < 1.29 is 4.74 Å². The molecule has 90 valence electrons. The van der Waals surface area contributed by atoms with E-state index in [1.807, 2.05) is 12.1 Å². The van der Waals surface area contributed by atoms with Crippen molar-refractivity contribution in [1.29, 1.82) is 5.26 Å². The fraction of sp³-hybridized carbons (Fsp3) is 0.0714. The van der Waals surface area contributed by atoms with Gasteiger partial charge in [0.15, 0.2) is 0 Å². The van der Waals surface area contributed by atoms with Crippen LogP contribution in [0.4, 0.5) is 5.69 Å². The number of benzene rings is 2. The van der Waals surface area contributed by atoms with E-state index >= 15 is 0 Å². The normalized spacial score (nSPS) is 9.78. The van der Waals surface area contributed by atoms with Crippen molar-refractivity contribution in [2.24, 2.45) is 0 Å². The van der Waals surface area contributed by atoms with Gasteiger partial charge in [0.1, 0.15) is 11.5 Å². The van der Waals surface area contributed by atoms with E-state index in [-0.39, 0.29) is 6.42 Å². The molecule has 18 heavy (non-hydrogen) atoms. The van der Waals surface area contributed by atoms with Crippen LogP contribution in [-0.4, -0.2) is 0 Å². The Hall–Kier alpha value is -2.18. The molecule has 2 rings (SSSR count). The molecule has 0 bridgehead atoms. The van der Waals surface area contributed by atoms with E-state index in [9.17, 15) is 0 Å². The minimum absolute atomic E-state index is 0.262. The van der Waals surface area contributed by atoms with Gasteiger partial charge in [-0.15, -0.1) is 0 Å². The average molecular weight is 259 g/mol. The predicted octanol–water partition coefficient (Wildman–Crippen LogP) is 3.78. The lowest BCUT2D eigenvalue weighted by atomic mass is 10.1. The zero-order valence-corrected chi connectivity index (χ0v) is 10.3. The van der Waals surface area contributed by atoms with Crippen LogP contribution in [0.25, 0.3) is 0 Å². The second-order valence-electron chi connectivity index (χ2n) is 3.75. The molecule has 0 saturated carbocycles. The molecule has 0 saturated heterocycles. The summed E-state index contributed by atoms with van der Waals surface area (Å²) in [6.45, 7) is 0. The molecule has 2 aromatic rings. The van der Waals surface area contributed by atoms with Crippen molar-refractivity contribution in [3.63, 3.8) is 0 Å². The molecular formula is C14H11ClN2O. The number of nitriles is 1. The van der Waals surface area contributed by atoms with Gasteiger partial charge in [-0.2, -0.15) is 5.26 Å². The van der Waals surface area contributed by atoms with Crippen molar-refractivity contribution in [3.05, 3.63) is 53.1 Å². The first kappa shape index (κ1) is 12.3. The van der Waals surface area contributed by atoms with E-state index < -0.39 is 0 Å². The quantitative estimate of drug-likeness (QED) is 0.853. The zero-order chi connectivity index (χ0) is 13.0. The van der Waals surface area contributed by atoms with Crippen molar-refractivity contribution in [2.45, 2.75) is 6.42 Å². The van der Waals surface area contributed by atoms with Crippen LogP contribution < -0.4 is 10.5 Å². The molecule has 0 unspecified atom stereocenters. The number of hydrogen-bond donors (Lipinski definition) is 1. The molecule has 0 aliphatic rings. The molecule has 2 N–H and O–H groups in total. The molecule has 0 aliphatic heterocycles. The number of anilines is 1. The first-order valence-electron chi connectivity index (χ1n) is 5.38. The summed E-state index contributed by atoms with van der Waals surface area (Å²) in [6, 6.07) is 14.4. The topological polar surface area (TPSA) is 59.0 Å². The molecule has 0 heterocycles. The summed E-state index contributed by atoms with van der Waals surface area (Å²) in [7, 11) is 0. The third-order valence-electron chi connectivity index (χ3n) is 2.42. The molecule has 4 heteroatoms. The molecule has 0 amide bonds. The van der Waals surface area contributed by atoms with Gasteiger partial charge in [0.2, 0.25) is 0 Å². The van der Waals surface area contributed by atoms with Gasteiger partial charge in [-0.25, -0.2) is 0 Å². The molecule has 3 nitrogen and oxygen atoms in total. The maximum atomic E-state index is 8.70. The zero-order valence-electron chi connectivity index (χ0n) is 9.56. The van der Waals surface area contributed by atoms with Gasteiger partial charge < -0.3 is 10.5 Å².